The van der Waals surface area contributed by atoms with E-state index in [0.717, 1.165) is 39.5 Å². The summed E-state index contributed by atoms with van der Waals surface area (Å²) in [6.45, 7) is 13.2. The fraction of sp³-hybridized carbons (Fsp3) is 1.00. The Morgan fingerprint density at radius 2 is 1.67 bits per heavy atom. The number of hydrogen-bond acceptors (Lipinski definition) is 3. The second-order valence-electron chi connectivity index (χ2n) is 7.58. The van der Waals surface area contributed by atoms with Crippen LogP contribution < -0.4 is 5.32 Å². The molecule has 1 N–H and O–H groups in total. The predicted octanol–water partition coefficient (Wildman–Crippen LogP) is 5.05. The number of hydrogen-bond donors (Lipinski definition) is 1. The minimum atomic E-state index is 0.739. The zero-order valence-electron chi connectivity index (χ0n) is 14.6. The van der Waals surface area contributed by atoms with Gasteiger partial charge in [-0.2, -0.15) is 23.5 Å². The molecule has 0 aromatic heterocycles. The Balaban J connectivity index is 2.02. The van der Waals surface area contributed by atoms with Gasteiger partial charge in [0.05, 0.1) is 0 Å². The van der Waals surface area contributed by atoms with Gasteiger partial charge in [0.1, 0.15) is 0 Å². The Kier molecular flexibility index (Phi) is 7.28. The third kappa shape index (κ3) is 5.07. The summed E-state index contributed by atoms with van der Waals surface area (Å²) in [5.74, 6) is 4.08. The molecule has 2 aliphatic rings. The summed E-state index contributed by atoms with van der Waals surface area (Å²) in [4.78, 5) is 0. The molecule has 1 saturated heterocycles. The highest BCUT2D eigenvalue weighted by molar-refractivity contribution is 8.07. The molecule has 6 atom stereocenters. The predicted molar refractivity (Wildman–Crippen MR) is 101 cm³/mol. The molecule has 124 valence electrons. The molecule has 1 heterocycles. The lowest BCUT2D eigenvalue weighted by atomic mass is 9.73. The Morgan fingerprint density at radius 1 is 1.00 bits per heavy atom. The highest BCUT2D eigenvalue weighted by Gasteiger charge is 2.37. The van der Waals surface area contributed by atoms with E-state index in [1.54, 1.807) is 0 Å². The minimum absolute atomic E-state index is 0.739. The molecule has 0 spiro atoms. The van der Waals surface area contributed by atoms with Gasteiger partial charge >= 0.3 is 0 Å². The van der Waals surface area contributed by atoms with E-state index in [0.29, 0.717) is 0 Å². The molecule has 6 unspecified atom stereocenters. The molecule has 0 radical (unpaired) electrons. The lowest BCUT2D eigenvalue weighted by Crippen LogP contribution is -2.49. The first-order valence-electron chi connectivity index (χ1n) is 9.01. The van der Waals surface area contributed by atoms with Gasteiger partial charge in [-0.1, -0.05) is 34.6 Å². The first-order valence-corrected chi connectivity index (χ1v) is 11.0. The Labute approximate surface area is 141 Å². The summed E-state index contributed by atoms with van der Waals surface area (Å²) in [5, 5.41) is 6.39. The van der Waals surface area contributed by atoms with Crippen molar-refractivity contribution in [3.63, 3.8) is 0 Å². The fourth-order valence-corrected chi connectivity index (χ4v) is 7.42. The van der Waals surface area contributed by atoms with Gasteiger partial charge in [-0.3, -0.25) is 0 Å². The van der Waals surface area contributed by atoms with Crippen LogP contribution in [0.4, 0.5) is 0 Å². The summed E-state index contributed by atoms with van der Waals surface area (Å²) in [6.07, 6.45) is 5.58. The Hall–Kier alpha value is 0.660. The molecule has 1 saturated carbocycles. The topological polar surface area (TPSA) is 12.0 Å². The smallest absolute Gasteiger partial charge is 0.0297 e. The normalized spacial score (nSPS) is 42.7. The summed E-state index contributed by atoms with van der Waals surface area (Å²) in [6, 6.07) is 0.739. The van der Waals surface area contributed by atoms with Gasteiger partial charge in [-0.05, 0) is 50.0 Å². The van der Waals surface area contributed by atoms with E-state index < -0.39 is 0 Å². The number of thioether (sulfide) groups is 2. The van der Waals surface area contributed by atoms with Gasteiger partial charge in [-0.15, -0.1) is 0 Å². The van der Waals surface area contributed by atoms with E-state index in [1.165, 1.54) is 38.0 Å². The Morgan fingerprint density at radius 3 is 2.24 bits per heavy atom. The number of rotatable bonds is 5. The molecule has 0 aromatic carbocycles. The van der Waals surface area contributed by atoms with Crippen LogP contribution in [0.15, 0.2) is 0 Å². The van der Waals surface area contributed by atoms with E-state index in [2.05, 4.69) is 63.5 Å². The molecule has 21 heavy (non-hydrogen) atoms. The third-order valence-corrected chi connectivity index (χ3v) is 8.84. The maximum Gasteiger partial charge on any atom is 0.0297 e. The van der Waals surface area contributed by atoms with Crippen molar-refractivity contribution in [3.8, 4) is 0 Å². The van der Waals surface area contributed by atoms with Crippen molar-refractivity contribution in [2.45, 2.75) is 82.1 Å². The standard InChI is InChI=1S/C18H35NS2/c1-6-7-19-18(16-9-12(2)8-13(3)10-16)17-11-20-14(4)15(5)21-17/h12-19H,6-11H2,1-5H3. The van der Waals surface area contributed by atoms with Crippen LogP contribution in [0.5, 0.6) is 0 Å². The van der Waals surface area contributed by atoms with E-state index >= 15 is 0 Å². The van der Waals surface area contributed by atoms with Crippen LogP contribution in [0.3, 0.4) is 0 Å². The summed E-state index contributed by atoms with van der Waals surface area (Å²) >= 11 is 4.47. The molecule has 1 aliphatic carbocycles. The average Bonchev–Trinajstić information content (AvgIpc) is 2.42. The molecular weight excluding hydrogens is 294 g/mol. The SMILES string of the molecule is CCCNC(C1CC(C)CC(C)C1)C1CSC(C)C(C)S1. The zero-order valence-corrected chi connectivity index (χ0v) is 16.2. The highest BCUT2D eigenvalue weighted by atomic mass is 32.2. The van der Waals surface area contributed by atoms with Crippen molar-refractivity contribution in [1.82, 2.24) is 5.32 Å². The van der Waals surface area contributed by atoms with Crippen LogP contribution in [0.2, 0.25) is 0 Å². The van der Waals surface area contributed by atoms with Crippen molar-refractivity contribution in [1.29, 1.82) is 0 Å². The van der Waals surface area contributed by atoms with Crippen LogP contribution in [0.1, 0.15) is 60.3 Å². The molecular formula is C18H35NS2. The van der Waals surface area contributed by atoms with Crippen LogP contribution in [-0.4, -0.2) is 34.1 Å². The molecule has 2 fully saturated rings. The monoisotopic (exact) mass is 329 g/mol. The largest absolute Gasteiger partial charge is 0.313 e. The van der Waals surface area contributed by atoms with Crippen LogP contribution >= 0.6 is 23.5 Å². The van der Waals surface area contributed by atoms with E-state index in [9.17, 15) is 0 Å². The van der Waals surface area contributed by atoms with Gasteiger partial charge < -0.3 is 5.32 Å². The molecule has 1 nitrogen and oxygen atoms in total. The Bertz CT molecular complexity index is 300. The van der Waals surface area contributed by atoms with Crippen molar-refractivity contribution in [2.24, 2.45) is 17.8 Å². The van der Waals surface area contributed by atoms with E-state index in [1.807, 2.05) is 0 Å². The lowest BCUT2D eigenvalue weighted by Gasteiger charge is -2.43. The minimum Gasteiger partial charge on any atom is -0.313 e. The lowest BCUT2D eigenvalue weighted by molar-refractivity contribution is 0.176. The quantitative estimate of drug-likeness (QED) is 0.758. The second kappa shape index (κ2) is 8.49. The van der Waals surface area contributed by atoms with Crippen LogP contribution in [-0.2, 0) is 0 Å². The zero-order chi connectivity index (χ0) is 15.4. The molecule has 3 heteroatoms. The molecule has 0 bridgehead atoms. The fourth-order valence-electron chi connectivity index (χ4n) is 4.21. The second-order valence-corrected chi connectivity index (χ2v) is 10.6. The summed E-state index contributed by atoms with van der Waals surface area (Å²) < 4.78 is 0. The van der Waals surface area contributed by atoms with Crippen molar-refractivity contribution >= 4 is 23.5 Å². The third-order valence-electron chi connectivity index (χ3n) is 5.33. The molecule has 0 amide bonds. The molecule has 2 rings (SSSR count). The first kappa shape index (κ1) is 18.0. The van der Waals surface area contributed by atoms with Crippen molar-refractivity contribution in [2.75, 3.05) is 12.3 Å². The van der Waals surface area contributed by atoms with Crippen LogP contribution in [0, 0.1) is 17.8 Å². The van der Waals surface area contributed by atoms with Crippen LogP contribution in [0.25, 0.3) is 0 Å². The van der Waals surface area contributed by atoms with Gasteiger partial charge in [0.25, 0.3) is 0 Å². The summed E-state index contributed by atoms with van der Waals surface area (Å²) in [7, 11) is 0. The first-order chi connectivity index (χ1) is 10.0. The highest BCUT2D eigenvalue weighted by Crippen LogP contribution is 2.42. The van der Waals surface area contributed by atoms with Crippen molar-refractivity contribution < 1.29 is 0 Å². The molecule has 1 aliphatic heterocycles. The van der Waals surface area contributed by atoms with Crippen molar-refractivity contribution in [3.05, 3.63) is 0 Å². The maximum atomic E-state index is 3.95. The molecule has 0 aromatic rings. The van der Waals surface area contributed by atoms with Gasteiger partial charge in [-0.25, -0.2) is 0 Å². The van der Waals surface area contributed by atoms with E-state index in [4.69, 9.17) is 0 Å². The van der Waals surface area contributed by atoms with E-state index in [-0.39, 0.29) is 0 Å². The van der Waals surface area contributed by atoms with Gasteiger partial charge in [0.15, 0.2) is 0 Å². The van der Waals surface area contributed by atoms with Gasteiger partial charge in [0.2, 0.25) is 0 Å². The maximum absolute atomic E-state index is 3.95. The summed E-state index contributed by atoms with van der Waals surface area (Å²) in [5.41, 5.74) is 0. The average molecular weight is 330 g/mol. The number of nitrogens with one attached hydrogen (secondary N) is 1. The van der Waals surface area contributed by atoms with Gasteiger partial charge in [0, 0.05) is 27.5 Å².